The third-order valence-corrected chi connectivity index (χ3v) is 1.07. The van der Waals surface area contributed by atoms with Crippen LogP contribution in [0.4, 0.5) is 13.2 Å². The third-order valence-electron chi connectivity index (χ3n) is 0.228. The lowest BCUT2D eigenvalue weighted by Gasteiger charge is -1.99. The van der Waals surface area contributed by atoms with Gasteiger partial charge in [-0.1, -0.05) is 10.8 Å². The molecule has 44 valence electrons. The maximum Gasteiger partial charge on any atom is 0.398 e. The van der Waals surface area contributed by atoms with Crippen LogP contribution in [0.15, 0.2) is 0 Å². The van der Waals surface area contributed by atoms with Crippen molar-refractivity contribution < 1.29 is 13.2 Å². The quantitative estimate of drug-likeness (QED) is 0.439. The molecule has 0 aliphatic heterocycles. The number of hydrogen-bond donors (Lipinski definition) is 1. The van der Waals surface area contributed by atoms with Crippen molar-refractivity contribution in [3.63, 3.8) is 0 Å². The minimum absolute atomic E-state index is 0.478. The minimum Gasteiger partial charge on any atom is -0.170 e. The van der Waals surface area contributed by atoms with E-state index in [4.69, 9.17) is 0 Å². The monoisotopic (exact) mass is 148 g/mol. The van der Waals surface area contributed by atoms with E-state index in [0.717, 1.165) is 0 Å². The van der Waals surface area contributed by atoms with Crippen LogP contribution < -0.4 is 0 Å². The van der Waals surface area contributed by atoms with Crippen molar-refractivity contribution in [2.45, 2.75) is 6.18 Å². The van der Waals surface area contributed by atoms with Crippen molar-refractivity contribution in [2.24, 2.45) is 0 Å². The molecule has 5 heteroatoms. The van der Waals surface area contributed by atoms with Crippen LogP contribution in [0.1, 0.15) is 0 Å². The van der Waals surface area contributed by atoms with E-state index in [1.165, 1.54) is 0 Å². The Bertz CT molecular complexity index is 49.4. The Morgan fingerprint density at radius 3 is 1.86 bits per heavy atom. The average Bonchev–Trinajstić information content (AvgIpc) is 1.30. The van der Waals surface area contributed by atoms with Crippen molar-refractivity contribution in [3.8, 4) is 0 Å². The Morgan fingerprint density at radius 2 is 1.86 bits per heavy atom. The predicted molar refractivity (Wildman–Crippen MR) is 27.5 cm³/mol. The number of alkyl halides is 3. The van der Waals surface area contributed by atoms with Crippen LogP contribution in [-0.2, 0) is 0 Å². The summed E-state index contributed by atoms with van der Waals surface area (Å²) in [6.07, 6.45) is -4.06. The van der Waals surface area contributed by atoms with E-state index in [9.17, 15) is 13.2 Å². The summed E-state index contributed by atoms with van der Waals surface area (Å²) in [4.78, 5) is 0. The lowest BCUT2D eigenvalue weighted by Crippen LogP contribution is -2.09. The van der Waals surface area contributed by atoms with Gasteiger partial charge in [0.05, 0.1) is 5.75 Å². The first-order valence-electron chi connectivity index (χ1n) is 1.39. The Hall–Kier alpha value is 0.490. The number of rotatable bonds is 1. The van der Waals surface area contributed by atoms with Crippen molar-refractivity contribution in [1.82, 2.24) is 0 Å². The Kier molecular flexibility index (Phi) is 2.90. The predicted octanol–water partition coefficient (Wildman–Crippen LogP) is 2.13. The smallest absolute Gasteiger partial charge is 0.170 e. The largest absolute Gasteiger partial charge is 0.398 e. The molecule has 0 bridgehead atoms. The molecule has 0 aliphatic rings. The van der Waals surface area contributed by atoms with Crippen molar-refractivity contribution in [2.75, 3.05) is 5.75 Å². The second-order valence-electron chi connectivity index (χ2n) is 0.889. The molecule has 0 fully saturated rings. The molecule has 0 saturated carbocycles. The van der Waals surface area contributed by atoms with E-state index < -0.39 is 11.9 Å². The van der Waals surface area contributed by atoms with Crippen LogP contribution in [0.5, 0.6) is 0 Å². The summed E-state index contributed by atoms with van der Waals surface area (Å²) in [5.74, 6) is -0.879. The van der Waals surface area contributed by atoms with Crippen LogP contribution in [0, 0.1) is 0 Å². The van der Waals surface area contributed by atoms with Gasteiger partial charge >= 0.3 is 6.18 Å². The molecule has 0 aromatic carbocycles. The third kappa shape index (κ3) is 6.49. The average molecular weight is 148 g/mol. The Morgan fingerprint density at radius 1 is 1.43 bits per heavy atom. The topological polar surface area (TPSA) is 0 Å². The molecule has 0 heterocycles. The van der Waals surface area contributed by atoms with Crippen LogP contribution in [-0.4, -0.2) is 11.9 Å². The highest BCUT2D eigenvalue weighted by molar-refractivity contribution is 8.68. The molecule has 0 unspecified atom stereocenters. The highest BCUT2D eigenvalue weighted by atomic mass is 33.1. The maximum absolute atomic E-state index is 11.0. The first kappa shape index (κ1) is 7.49. The van der Waals surface area contributed by atoms with E-state index >= 15 is 0 Å². The SMILES string of the molecule is FC(F)(F)CSS. The van der Waals surface area contributed by atoms with Gasteiger partial charge in [0.1, 0.15) is 0 Å². The molecule has 0 atom stereocenters. The van der Waals surface area contributed by atoms with Gasteiger partial charge in [0, 0.05) is 0 Å². The Labute approximate surface area is 48.3 Å². The Balaban J connectivity index is 3.15. The minimum atomic E-state index is -4.06. The van der Waals surface area contributed by atoms with Gasteiger partial charge in [-0.3, -0.25) is 0 Å². The highest BCUT2D eigenvalue weighted by Crippen LogP contribution is 2.22. The van der Waals surface area contributed by atoms with Crippen LogP contribution in [0.25, 0.3) is 0 Å². The molecule has 0 aromatic rings. The summed E-state index contributed by atoms with van der Waals surface area (Å²) in [7, 11) is 0.478. The van der Waals surface area contributed by atoms with Crippen LogP contribution in [0.2, 0.25) is 0 Å². The first-order chi connectivity index (χ1) is 3.06. The summed E-state index contributed by atoms with van der Waals surface area (Å²) in [5.41, 5.74) is 0. The van der Waals surface area contributed by atoms with E-state index in [0.29, 0.717) is 10.8 Å². The lowest BCUT2D eigenvalue weighted by molar-refractivity contribution is -0.104. The van der Waals surface area contributed by atoms with Gasteiger partial charge in [0.25, 0.3) is 0 Å². The van der Waals surface area contributed by atoms with Gasteiger partial charge in [-0.15, -0.1) is 11.7 Å². The van der Waals surface area contributed by atoms with E-state index in [1.54, 1.807) is 0 Å². The fourth-order valence-corrected chi connectivity index (χ4v) is 0.659. The maximum atomic E-state index is 11.0. The van der Waals surface area contributed by atoms with Gasteiger partial charge in [0.2, 0.25) is 0 Å². The summed E-state index contributed by atoms with van der Waals surface area (Å²) < 4.78 is 33.0. The van der Waals surface area contributed by atoms with Gasteiger partial charge in [0.15, 0.2) is 0 Å². The second kappa shape index (κ2) is 2.71. The van der Waals surface area contributed by atoms with Crippen LogP contribution in [0.3, 0.4) is 0 Å². The zero-order valence-corrected chi connectivity index (χ0v) is 4.91. The summed E-state index contributed by atoms with van der Waals surface area (Å²) in [5, 5.41) is 0. The van der Waals surface area contributed by atoms with Crippen LogP contribution >= 0.6 is 22.5 Å². The highest BCUT2D eigenvalue weighted by Gasteiger charge is 2.25. The molecule has 0 spiro atoms. The van der Waals surface area contributed by atoms with Gasteiger partial charge < -0.3 is 0 Å². The van der Waals surface area contributed by atoms with E-state index in [-0.39, 0.29) is 0 Å². The molecule has 0 amide bonds. The standard InChI is InChI=1S/C2H3F3S2/c3-2(4,5)1-7-6/h6H,1H2. The molecule has 7 heavy (non-hydrogen) atoms. The molecule has 0 radical (unpaired) electrons. The van der Waals surface area contributed by atoms with Crippen molar-refractivity contribution in [1.29, 1.82) is 0 Å². The summed E-state index contributed by atoms with van der Waals surface area (Å²) >= 11 is 3.31. The molecular formula is C2H3F3S2. The van der Waals surface area contributed by atoms with Gasteiger partial charge in [-0.25, -0.2) is 0 Å². The number of halogens is 3. The van der Waals surface area contributed by atoms with Crippen molar-refractivity contribution in [3.05, 3.63) is 0 Å². The number of hydrogen-bond acceptors (Lipinski definition) is 2. The fraction of sp³-hybridized carbons (Fsp3) is 1.00. The van der Waals surface area contributed by atoms with Gasteiger partial charge in [-0.2, -0.15) is 13.2 Å². The molecule has 0 aliphatic carbocycles. The fourth-order valence-electron chi connectivity index (χ4n) is 0.0732. The molecule has 0 saturated heterocycles. The molecule has 0 nitrogen and oxygen atoms in total. The summed E-state index contributed by atoms with van der Waals surface area (Å²) in [6, 6.07) is 0. The van der Waals surface area contributed by atoms with Crippen molar-refractivity contribution >= 4 is 22.5 Å². The zero-order chi connectivity index (χ0) is 5.91. The second-order valence-corrected chi connectivity index (χ2v) is 2.21. The summed E-state index contributed by atoms with van der Waals surface area (Å²) in [6.45, 7) is 0. The van der Waals surface area contributed by atoms with E-state index in [2.05, 4.69) is 11.7 Å². The van der Waals surface area contributed by atoms with Gasteiger partial charge in [-0.05, 0) is 0 Å². The molecule has 0 N–H and O–H groups in total. The normalized spacial score (nSPS) is 12.0. The molecular weight excluding hydrogens is 145 g/mol. The van der Waals surface area contributed by atoms with E-state index in [1.807, 2.05) is 0 Å². The first-order valence-corrected chi connectivity index (χ1v) is 3.43. The molecule has 0 aromatic heterocycles. The zero-order valence-electron chi connectivity index (χ0n) is 3.20. The molecule has 0 rings (SSSR count). The number of thiol groups is 1. The lowest BCUT2D eigenvalue weighted by atomic mass is 10.8.